The van der Waals surface area contributed by atoms with Crippen LogP contribution >= 0.6 is 31.9 Å². The lowest BCUT2D eigenvalue weighted by Crippen LogP contribution is -2.34. The third-order valence-corrected chi connectivity index (χ3v) is 16.1. The maximum absolute atomic E-state index is 3.73. The van der Waals surface area contributed by atoms with E-state index in [2.05, 4.69) is 220 Å². The fourth-order valence-electron chi connectivity index (χ4n) is 11.1. The summed E-state index contributed by atoms with van der Waals surface area (Å²) in [7, 11) is 0. The number of halogens is 2. The molecule has 1 spiro atoms. The Kier molecular flexibility index (Phi) is 12.4. The fraction of sp³-hybridized carbons (Fsp3) is 0.404. The summed E-state index contributed by atoms with van der Waals surface area (Å²) in [6.07, 6.45) is 19.5. The summed E-state index contributed by atoms with van der Waals surface area (Å²) in [5.74, 6) is 1.87. The van der Waals surface area contributed by atoms with Crippen LogP contribution in [0.2, 0.25) is 0 Å². The number of anilines is 3. The summed E-state index contributed by atoms with van der Waals surface area (Å²) >= 11 is 7.46. The Bertz CT molecular complexity index is 2260. The first-order chi connectivity index (χ1) is 28.8. The summed E-state index contributed by atoms with van der Waals surface area (Å²) in [4.78, 5) is 2.50. The lowest BCUT2D eigenvalue weighted by atomic mass is 9.63. The van der Waals surface area contributed by atoms with Crippen LogP contribution in [0, 0.1) is 17.8 Å². The van der Waals surface area contributed by atoms with Crippen molar-refractivity contribution < 1.29 is 0 Å². The maximum atomic E-state index is 3.73. The molecule has 0 aromatic heterocycles. The second-order valence-corrected chi connectivity index (χ2v) is 21.4. The molecular weight excluding hydrogens is 858 g/mol. The third kappa shape index (κ3) is 7.52. The van der Waals surface area contributed by atoms with Crippen molar-refractivity contribution in [2.75, 3.05) is 4.90 Å². The Morgan fingerprint density at radius 1 is 0.600 bits per heavy atom. The molecule has 4 unspecified atom stereocenters. The molecule has 0 saturated carbocycles. The molecule has 312 valence electrons. The van der Waals surface area contributed by atoms with Gasteiger partial charge in [0.1, 0.15) is 0 Å². The lowest BCUT2D eigenvalue weighted by Gasteiger charge is -2.38. The van der Waals surface area contributed by atoms with Crippen molar-refractivity contribution in [3.63, 3.8) is 0 Å². The molecular formula is C57H65Br2N. The fourth-order valence-corrected chi connectivity index (χ4v) is 11.7. The van der Waals surface area contributed by atoms with Gasteiger partial charge >= 0.3 is 0 Å². The molecule has 0 radical (unpaired) electrons. The summed E-state index contributed by atoms with van der Waals surface area (Å²) in [6, 6.07) is 40.3. The molecule has 0 heterocycles. The first-order valence-corrected chi connectivity index (χ1v) is 24.5. The van der Waals surface area contributed by atoms with Crippen molar-refractivity contribution in [3.05, 3.63) is 170 Å². The summed E-state index contributed by atoms with van der Waals surface area (Å²) in [5, 5.41) is 0. The summed E-state index contributed by atoms with van der Waals surface area (Å²) in [6.45, 7) is 19.3. The summed E-state index contributed by atoms with van der Waals surface area (Å²) < 4.78 is 2.16. The molecule has 0 fully saturated rings. The molecule has 0 N–H and O–H groups in total. The van der Waals surface area contributed by atoms with E-state index in [9.17, 15) is 0 Å². The van der Waals surface area contributed by atoms with Gasteiger partial charge in [0.05, 0.1) is 11.1 Å². The zero-order chi connectivity index (χ0) is 42.4. The molecule has 5 aromatic rings. The molecule has 0 saturated heterocycles. The van der Waals surface area contributed by atoms with E-state index in [1.165, 1.54) is 88.7 Å². The Labute approximate surface area is 379 Å². The zero-order valence-corrected chi connectivity index (χ0v) is 40.5. The number of benzene rings is 5. The van der Waals surface area contributed by atoms with Crippen LogP contribution in [0.15, 0.2) is 136 Å². The molecule has 8 rings (SSSR count). The van der Waals surface area contributed by atoms with E-state index in [0.717, 1.165) is 45.0 Å². The smallest absolute Gasteiger partial charge is 0.0538 e. The van der Waals surface area contributed by atoms with Crippen LogP contribution in [0.1, 0.15) is 146 Å². The predicted molar refractivity (Wildman–Crippen MR) is 265 cm³/mol. The Morgan fingerprint density at radius 2 is 1.08 bits per heavy atom. The average molecular weight is 924 g/mol. The van der Waals surface area contributed by atoms with E-state index in [0.29, 0.717) is 0 Å². The Morgan fingerprint density at radius 3 is 1.55 bits per heavy atom. The molecule has 0 aliphatic heterocycles. The van der Waals surface area contributed by atoms with E-state index in [4.69, 9.17) is 0 Å². The van der Waals surface area contributed by atoms with Gasteiger partial charge in [-0.2, -0.15) is 0 Å². The number of hydrogen-bond donors (Lipinski definition) is 0. The molecule has 4 atom stereocenters. The van der Waals surface area contributed by atoms with Crippen molar-refractivity contribution in [3.8, 4) is 11.1 Å². The van der Waals surface area contributed by atoms with Gasteiger partial charge in [0.15, 0.2) is 0 Å². The van der Waals surface area contributed by atoms with Crippen molar-refractivity contribution in [1.82, 2.24) is 0 Å². The molecule has 0 amide bonds. The van der Waals surface area contributed by atoms with E-state index in [1.807, 2.05) is 0 Å². The Hall–Kier alpha value is -3.66. The van der Waals surface area contributed by atoms with Gasteiger partial charge in [-0.1, -0.05) is 186 Å². The summed E-state index contributed by atoms with van der Waals surface area (Å²) in [5.41, 5.74) is 15.1. The third-order valence-electron chi connectivity index (χ3n) is 15.0. The molecule has 60 heavy (non-hydrogen) atoms. The minimum atomic E-state index is -0.349. The van der Waals surface area contributed by atoms with Crippen LogP contribution in [-0.4, -0.2) is 0 Å². The van der Waals surface area contributed by atoms with Gasteiger partial charge in [-0.15, -0.1) is 0 Å². The molecule has 5 aromatic carbocycles. The van der Waals surface area contributed by atoms with Gasteiger partial charge in [0.2, 0.25) is 0 Å². The lowest BCUT2D eigenvalue weighted by molar-refractivity contribution is 0.380. The number of fused-ring (bicyclic) bond motifs is 10. The van der Waals surface area contributed by atoms with Crippen LogP contribution in [0.4, 0.5) is 17.1 Å². The minimum Gasteiger partial charge on any atom is -0.310 e. The predicted octanol–water partition coefficient (Wildman–Crippen LogP) is 17.8. The monoisotopic (exact) mass is 921 g/mol. The highest BCUT2D eigenvalue weighted by atomic mass is 79.9. The highest BCUT2D eigenvalue weighted by Crippen LogP contribution is 2.67. The highest BCUT2D eigenvalue weighted by Gasteiger charge is 2.58. The van der Waals surface area contributed by atoms with Crippen LogP contribution < -0.4 is 4.90 Å². The molecule has 3 heteroatoms. The van der Waals surface area contributed by atoms with Crippen LogP contribution in [0.3, 0.4) is 0 Å². The van der Waals surface area contributed by atoms with E-state index < -0.39 is 0 Å². The Balaban J connectivity index is 1.41. The van der Waals surface area contributed by atoms with E-state index in [-0.39, 0.29) is 28.1 Å². The second-order valence-electron chi connectivity index (χ2n) is 19.6. The number of nitrogens with zero attached hydrogens (tertiary/aromatic N) is 1. The minimum absolute atomic E-state index is 0.104. The molecule has 3 aliphatic carbocycles. The maximum Gasteiger partial charge on any atom is 0.0538 e. The van der Waals surface area contributed by atoms with Gasteiger partial charge in [-0.3, -0.25) is 0 Å². The van der Waals surface area contributed by atoms with E-state index in [1.54, 1.807) is 0 Å². The number of rotatable bonds is 15. The van der Waals surface area contributed by atoms with Gasteiger partial charge in [0, 0.05) is 32.2 Å². The van der Waals surface area contributed by atoms with Crippen molar-refractivity contribution in [1.29, 1.82) is 0 Å². The molecule has 0 bridgehead atoms. The van der Waals surface area contributed by atoms with Crippen LogP contribution in [-0.2, 0) is 16.2 Å². The van der Waals surface area contributed by atoms with Crippen molar-refractivity contribution in [2.24, 2.45) is 17.8 Å². The van der Waals surface area contributed by atoms with Gasteiger partial charge in [-0.25, -0.2) is 0 Å². The first-order valence-electron chi connectivity index (χ1n) is 22.9. The van der Waals surface area contributed by atoms with Crippen molar-refractivity contribution in [2.45, 2.75) is 129 Å². The van der Waals surface area contributed by atoms with Gasteiger partial charge in [0.25, 0.3) is 0 Å². The molecule has 1 nitrogen and oxygen atoms in total. The molecule has 3 aliphatic rings. The number of hydrogen-bond acceptors (Lipinski definition) is 1. The van der Waals surface area contributed by atoms with Gasteiger partial charge in [-0.05, 0) is 147 Å². The highest BCUT2D eigenvalue weighted by molar-refractivity contribution is 9.10. The topological polar surface area (TPSA) is 3.24 Å². The standard InChI is InChI=1S/C57H65Br2N/c1-9-55(7,34-14-16-38(3)4)40-22-32-46-47-33-23-41(56(8,10-2)35-15-17-39(5)6)37-52(47)57(51(46)36-40)49-19-12-11-18-48(49)54-50(57)20-13-21-53(54)60(44-28-24-42(58)25-29-44)45-30-26-43(59)27-31-45/h11-13,18-33,36-39,48-49H,9-10,14-17,34-35H2,1-8H3. The normalized spacial score (nSPS) is 20.5. The zero-order valence-electron chi connectivity index (χ0n) is 37.3. The van der Waals surface area contributed by atoms with Crippen LogP contribution in [0.25, 0.3) is 11.1 Å². The quantitative estimate of drug-likeness (QED) is 0.101. The SMILES string of the molecule is CCC(C)(CCCC(C)C)c1ccc2c(c1)C1(c3cc(C(C)(CC)CCCC(C)C)ccc3-2)c2cccc(N(c3ccc(Br)cc3)c3ccc(Br)cc3)c2C2C=CC=CC21. The first kappa shape index (κ1) is 43.0. The van der Waals surface area contributed by atoms with E-state index >= 15 is 0 Å². The largest absolute Gasteiger partial charge is 0.310 e. The average Bonchev–Trinajstić information content (AvgIpc) is 3.71. The second kappa shape index (κ2) is 17.2. The number of allylic oxidation sites excluding steroid dienone is 4. The van der Waals surface area contributed by atoms with Gasteiger partial charge < -0.3 is 4.90 Å². The van der Waals surface area contributed by atoms with Crippen LogP contribution in [0.5, 0.6) is 0 Å². The van der Waals surface area contributed by atoms with Crippen molar-refractivity contribution >= 4 is 48.9 Å².